The Morgan fingerprint density at radius 2 is 1.96 bits per heavy atom. The molecule has 1 atom stereocenters. The molecule has 7 nitrogen and oxygen atoms in total. The number of rotatable bonds is 5. The van der Waals surface area contributed by atoms with E-state index in [-0.39, 0.29) is 18.3 Å². The molecule has 0 saturated carbocycles. The molecule has 3 aromatic rings. The molecule has 1 aromatic heterocycles. The van der Waals surface area contributed by atoms with Crippen LogP contribution in [0.25, 0.3) is 0 Å². The van der Waals surface area contributed by atoms with Gasteiger partial charge in [0.05, 0.1) is 5.69 Å². The van der Waals surface area contributed by atoms with Gasteiger partial charge < -0.3 is 24.5 Å². The lowest BCUT2D eigenvalue weighted by Gasteiger charge is -2.23. The van der Waals surface area contributed by atoms with E-state index in [1.165, 1.54) is 0 Å². The van der Waals surface area contributed by atoms with Crippen LogP contribution in [0.4, 0.5) is 11.4 Å². The average Bonchev–Trinajstić information content (AvgIpc) is 3.18. The van der Waals surface area contributed by atoms with Crippen LogP contribution in [0.5, 0.6) is 11.5 Å². The van der Waals surface area contributed by atoms with Crippen LogP contribution in [0.3, 0.4) is 0 Å². The Labute approximate surface area is 161 Å². The number of hydrogen-bond acceptors (Lipinski definition) is 5. The molecule has 28 heavy (non-hydrogen) atoms. The van der Waals surface area contributed by atoms with Crippen molar-refractivity contribution in [2.24, 2.45) is 0 Å². The Balaban J connectivity index is 1.40. The van der Waals surface area contributed by atoms with Crippen molar-refractivity contribution < 1.29 is 23.5 Å². The molecule has 2 amide bonds. The summed E-state index contributed by atoms with van der Waals surface area (Å²) in [5.41, 5.74) is 1.03. The number of benzene rings is 2. The van der Waals surface area contributed by atoms with Crippen LogP contribution >= 0.6 is 0 Å². The third-order valence-corrected chi connectivity index (χ3v) is 4.18. The standard InChI is InChI=1S/C21H18N2O5/c1-13-20(24)23-17-11-14(7-9-18(17)27-13)22-21(25)19-10-8-16(28-19)12-26-15-5-3-2-4-6-15/h2-11,13H,12H2,1H3,(H,22,25)(H,23,24)/t13-/m0/s1. The van der Waals surface area contributed by atoms with Crippen LogP contribution < -0.4 is 20.1 Å². The van der Waals surface area contributed by atoms with Crippen LogP contribution in [0, 0.1) is 0 Å². The molecule has 1 aliphatic heterocycles. The minimum absolute atomic E-state index is 0.165. The number of carbonyl (C=O) groups is 2. The molecule has 0 bridgehead atoms. The van der Waals surface area contributed by atoms with E-state index >= 15 is 0 Å². The van der Waals surface area contributed by atoms with E-state index in [2.05, 4.69) is 10.6 Å². The van der Waals surface area contributed by atoms with E-state index < -0.39 is 12.0 Å². The highest BCUT2D eigenvalue weighted by atomic mass is 16.5. The molecule has 7 heteroatoms. The first-order valence-corrected chi connectivity index (χ1v) is 8.78. The van der Waals surface area contributed by atoms with Crippen LogP contribution in [0.1, 0.15) is 23.2 Å². The number of para-hydroxylation sites is 1. The van der Waals surface area contributed by atoms with Gasteiger partial charge in [0, 0.05) is 5.69 Å². The van der Waals surface area contributed by atoms with Crippen molar-refractivity contribution in [2.75, 3.05) is 10.6 Å². The lowest BCUT2D eigenvalue weighted by Crippen LogP contribution is -2.34. The van der Waals surface area contributed by atoms with Crippen molar-refractivity contribution in [2.45, 2.75) is 19.6 Å². The third-order valence-electron chi connectivity index (χ3n) is 4.18. The van der Waals surface area contributed by atoms with E-state index in [1.54, 1.807) is 37.3 Å². The van der Waals surface area contributed by atoms with Gasteiger partial charge in [0.1, 0.15) is 23.9 Å². The lowest BCUT2D eigenvalue weighted by atomic mass is 10.2. The van der Waals surface area contributed by atoms with Gasteiger partial charge in [-0.25, -0.2) is 0 Å². The molecule has 0 radical (unpaired) electrons. The number of carbonyl (C=O) groups excluding carboxylic acids is 2. The summed E-state index contributed by atoms with van der Waals surface area (Å²) >= 11 is 0. The zero-order chi connectivity index (χ0) is 19.5. The van der Waals surface area contributed by atoms with Crippen molar-refractivity contribution in [3.05, 3.63) is 72.2 Å². The molecule has 0 fully saturated rings. The smallest absolute Gasteiger partial charge is 0.291 e. The zero-order valence-corrected chi connectivity index (χ0v) is 15.1. The normalized spacial score (nSPS) is 15.2. The maximum atomic E-state index is 12.4. The number of anilines is 2. The second kappa shape index (κ2) is 7.48. The highest BCUT2D eigenvalue weighted by Gasteiger charge is 2.24. The van der Waals surface area contributed by atoms with E-state index in [0.717, 1.165) is 5.75 Å². The maximum absolute atomic E-state index is 12.4. The summed E-state index contributed by atoms with van der Waals surface area (Å²) in [5.74, 6) is 1.35. The Hall–Kier alpha value is -3.74. The summed E-state index contributed by atoms with van der Waals surface area (Å²) in [6, 6.07) is 17.7. The summed E-state index contributed by atoms with van der Waals surface area (Å²) < 4.78 is 16.7. The van der Waals surface area contributed by atoms with Gasteiger partial charge in [-0.15, -0.1) is 0 Å². The molecular weight excluding hydrogens is 360 g/mol. The zero-order valence-electron chi connectivity index (χ0n) is 15.1. The van der Waals surface area contributed by atoms with Crippen molar-refractivity contribution >= 4 is 23.2 Å². The van der Waals surface area contributed by atoms with Gasteiger partial charge in [0.2, 0.25) is 0 Å². The minimum Gasteiger partial charge on any atom is -0.486 e. The summed E-state index contributed by atoms with van der Waals surface area (Å²) in [7, 11) is 0. The van der Waals surface area contributed by atoms with E-state index in [4.69, 9.17) is 13.9 Å². The Morgan fingerprint density at radius 1 is 1.14 bits per heavy atom. The second-order valence-corrected chi connectivity index (χ2v) is 6.28. The predicted octanol–water partition coefficient (Wildman–Crippen LogP) is 3.83. The molecule has 2 N–H and O–H groups in total. The summed E-state index contributed by atoms with van der Waals surface area (Å²) in [5, 5.41) is 5.49. The number of nitrogens with one attached hydrogen (secondary N) is 2. The first-order valence-electron chi connectivity index (χ1n) is 8.78. The fourth-order valence-electron chi connectivity index (χ4n) is 2.73. The van der Waals surface area contributed by atoms with Gasteiger partial charge in [0.25, 0.3) is 11.8 Å². The van der Waals surface area contributed by atoms with Crippen LogP contribution in [0.2, 0.25) is 0 Å². The molecule has 0 spiro atoms. The molecule has 1 aliphatic rings. The topological polar surface area (TPSA) is 89.8 Å². The largest absolute Gasteiger partial charge is 0.486 e. The highest BCUT2D eigenvalue weighted by Crippen LogP contribution is 2.32. The fraction of sp³-hybridized carbons (Fsp3) is 0.143. The number of amides is 2. The number of fused-ring (bicyclic) bond motifs is 1. The molecule has 0 unspecified atom stereocenters. The van der Waals surface area contributed by atoms with E-state index in [9.17, 15) is 9.59 Å². The molecule has 0 aliphatic carbocycles. The summed E-state index contributed by atoms with van der Waals surface area (Å²) in [4.78, 5) is 24.2. The third kappa shape index (κ3) is 3.83. The van der Waals surface area contributed by atoms with Crippen molar-refractivity contribution in [3.63, 3.8) is 0 Å². The predicted molar refractivity (Wildman–Crippen MR) is 103 cm³/mol. The molecule has 2 aromatic carbocycles. The SMILES string of the molecule is C[C@@H]1Oc2ccc(NC(=O)c3ccc(COc4ccccc4)o3)cc2NC1=O. The first kappa shape index (κ1) is 17.7. The maximum Gasteiger partial charge on any atom is 0.291 e. The minimum atomic E-state index is -0.549. The number of hydrogen-bond donors (Lipinski definition) is 2. The van der Waals surface area contributed by atoms with E-state index in [1.807, 2.05) is 30.3 Å². The number of ether oxygens (including phenoxy) is 2. The monoisotopic (exact) mass is 378 g/mol. The van der Waals surface area contributed by atoms with Gasteiger partial charge in [-0.1, -0.05) is 18.2 Å². The quantitative estimate of drug-likeness (QED) is 0.704. The highest BCUT2D eigenvalue weighted by molar-refractivity contribution is 6.03. The Morgan fingerprint density at radius 3 is 2.79 bits per heavy atom. The van der Waals surface area contributed by atoms with Gasteiger partial charge in [-0.3, -0.25) is 9.59 Å². The van der Waals surface area contributed by atoms with Crippen molar-refractivity contribution in [1.82, 2.24) is 0 Å². The molecule has 0 saturated heterocycles. The first-order chi connectivity index (χ1) is 13.6. The summed E-state index contributed by atoms with van der Waals surface area (Å²) in [6.07, 6.45) is -0.549. The second-order valence-electron chi connectivity index (χ2n) is 6.28. The molecule has 142 valence electrons. The average molecular weight is 378 g/mol. The molecular formula is C21H18N2O5. The van der Waals surface area contributed by atoms with Crippen LogP contribution in [0.15, 0.2) is 65.1 Å². The fourth-order valence-corrected chi connectivity index (χ4v) is 2.73. The van der Waals surface area contributed by atoms with Gasteiger partial charge in [0.15, 0.2) is 11.9 Å². The van der Waals surface area contributed by atoms with Gasteiger partial charge in [-0.2, -0.15) is 0 Å². The Kier molecular flexibility index (Phi) is 4.72. The Bertz CT molecular complexity index is 1010. The van der Waals surface area contributed by atoms with Gasteiger partial charge in [-0.05, 0) is 49.4 Å². The van der Waals surface area contributed by atoms with Crippen molar-refractivity contribution in [1.29, 1.82) is 0 Å². The number of furan rings is 1. The molecule has 2 heterocycles. The van der Waals surface area contributed by atoms with Crippen LogP contribution in [-0.2, 0) is 11.4 Å². The summed E-state index contributed by atoms with van der Waals surface area (Å²) in [6.45, 7) is 1.89. The van der Waals surface area contributed by atoms with Crippen molar-refractivity contribution in [3.8, 4) is 11.5 Å². The lowest BCUT2D eigenvalue weighted by molar-refractivity contribution is -0.122. The van der Waals surface area contributed by atoms with Crippen LogP contribution in [-0.4, -0.2) is 17.9 Å². The molecule has 4 rings (SSSR count). The van der Waals surface area contributed by atoms with Gasteiger partial charge >= 0.3 is 0 Å². The van der Waals surface area contributed by atoms with E-state index in [0.29, 0.717) is 22.9 Å².